The largest absolute Gasteiger partial charge is 0.358 e. The fourth-order valence-corrected chi connectivity index (χ4v) is 1.36. The lowest BCUT2D eigenvalue weighted by Crippen LogP contribution is -2.43. The van der Waals surface area contributed by atoms with Gasteiger partial charge < -0.3 is 10.6 Å². The zero-order valence-electron chi connectivity index (χ0n) is 10.6. The summed E-state index contributed by atoms with van der Waals surface area (Å²) in [5.74, 6) is -2.63. The van der Waals surface area contributed by atoms with Gasteiger partial charge in [-0.2, -0.15) is 0 Å². The minimum Gasteiger partial charge on any atom is -0.358 e. The molecule has 0 aromatic heterocycles. The predicted molar refractivity (Wildman–Crippen MR) is 66.5 cm³/mol. The molecule has 5 nitrogen and oxygen atoms in total. The number of carbonyl (C=O) groups is 2. The van der Waals surface area contributed by atoms with E-state index in [0.29, 0.717) is 0 Å². The molecule has 3 N–H and O–H groups in total. The number of rotatable bonds is 5. The van der Waals surface area contributed by atoms with Gasteiger partial charge in [0, 0.05) is 7.05 Å². The van der Waals surface area contributed by atoms with Crippen molar-refractivity contribution in [3.8, 4) is 0 Å². The van der Waals surface area contributed by atoms with E-state index < -0.39 is 29.3 Å². The summed E-state index contributed by atoms with van der Waals surface area (Å²) >= 11 is 0. The fourth-order valence-electron chi connectivity index (χ4n) is 1.36. The number of hydrogen-bond acceptors (Lipinski definition) is 3. The lowest BCUT2D eigenvalue weighted by molar-refractivity contribution is -0.122. The molecule has 1 aromatic carbocycles. The van der Waals surface area contributed by atoms with Crippen LogP contribution < -0.4 is 16.0 Å². The predicted octanol–water partition coefficient (Wildman–Crippen LogP) is 0.627. The van der Waals surface area contributed by atoms with Crippen molar-refractivity contribution in [2.45, 2.75) is 13.0 Å². The van der Waals surface area contributed by atoms with Crippen molar-refractivity contribution in [1.82, 2.24) is 10.6 Å². The summed E-state index contributed by atoms with van der Waals surface area (Å²) in [5, 5.41) is 7.13. The Morgan fingerprint density at radius 1 is 1.26 bits per heavy atom. The van der Waals surface area contributed by atoms with Crippen molar-refractivity contribution in [1.29, 1.82) is 0 Å². The second kappa shape index (κ2) is 6.79. The Morgan fingerprint density at radius 2 is 1.84 bits per heavy atom. The van der Waals surface area contributed by atoms with Crippen LogP contribution in [0.25, 0.3) is 0 Å². The van der Waals surface area contributed by atoms with Crippen molar-refractivity contribution in [3.05, 3.63) is 29.8 Å². The topological polar surface area (TPSA) is 70.2 Å². The smallest absolute Gasteiger partial charge is 0.238 e. The minimum atomic E-state index is -0.854. The summed E-state index contributed by atoms with van der Waals surface area (Å²) in [7, 11) is 1.47. The zero-order valence-corrected chi connectivity index (χ0v) is 10.6. The third-order valence-corrected chi connectivity index (χ3v) is 2.44. The molecule has 0 bridgehead atoms. The van der Waals surface area contributed by atoms with Gasteiger partial charge in [0.15, 0.2) is 0 Å². The Morgan fingerprint density at radius 3 is 2.37 bits per heavy atom. The van der Waals surface area contributed by atoms with Gasteiger partial charge in [0.2, 0.25) is 11.8 Å². The number of nitrogens with one attached hydrogen (secondary N) is 3. The summed E-state index contributed by atoms with van der Waals surface area (Å²) < 4.78 is 26.5. The summed E-state index contributed by atoms with van der Waals surface area (Å²) in [5.41, 5.74) is -0.498. The standard InChI is InChI=1S/C12H15F2N3O2/c1-7(12(19)15-2)16-6-10(18)17-11-8(13)4-3-5-9(11)14/h3-5,7,16H,6H2,1-2H3,(H,15,19)(H,17,18). The van der Waals surface area contributed by atoms with Gasteiger partial charge in [0.1, 0.15) is 17.3 Å². The number of likely N-dealkylation sites (N-methyl/N-ethyl adjacent to an activating group) is 1. The highest BCUT2D eigenvalue weighted by atomic mass is 19.1. The number of carbonyl (C=O) groups excluding carboxylic acids is 2. The molecule has 0 spiro atoms. The summed E-state index contributed by atoms with van der Waals surface area (Å²) in [6, 6.07) is 2.70. The Kier molecular flexibility index (Phi) is 5.37. The highest BCUT2D eigenvalue weighted by Gasteiger charge is 2.14. The normalized spacial score (nSPS) is 11.8. The van der Waals surface area contributed by atoms with Crippen LogP contribution in [-0.4, -0.2) is 31.4 Å². The maximum atomic E-state index is 13.3. The van der Waals surface area contributed by atoms with Crippen LogP contribution in [0, 0.1) is 11.6 Å². The molecule has 0 aliphatic rings. The van der Waals surface area contributed by atoms with Gasteiger partial charge in [0.25, 0.3) is 0 Å². The van der Waals surface area contributed by atoms with Crippen LogP contribution in [0.4, 0.5) is 14.5 Å². The van der Waals surface area contributed by atoms with E-state index in [0.717, 1.165) is 12.1 Å². The molecular formula is C12H15F2N3O2. The van der Waals surface area contributed by atoms with Gasteiger partial charge in [0.05, 0.1) is 12.6 Å². The molecule has 0 aliphatic heterocycles. The second-order valence-electron chi connectivity index (χ2n) is 3.86. The first kappa shape index (κ1) is 15.0. The summed E-state index contributed by atoms with van der Waals surface area (Å²) in [4.78, 5) is 22.7. The summed E-state index contributed by atoms with van der Waals surface area (Å²) in [6.07, 6.45) is 0. The van der Waals surface area contributed by atoms with E-state index >= 15 is 0 Å². The van der Waals surface area contributed by atoms with Gasteiger partial charge in [-0.1, -0.05) is 6.07 Å². The van der Waals surface area contributed by atoms with Crippen LogP contribution in [-0.2, 0) is 9.59 Å². The molecule has 0 radical (unpaired) electrons. The molecule has 1 atom stereocenters. The first-order chi connectivity index (χ1) is 8.95. The average molecular weight is 271 g/mol. The molecule has 0 saturated carbocycles. The highest BCUT2D eigenvalue weighted by molar-refractivity contribution is 5.93. The minimum absolute atomic E-state index is 0.234. The number of anilines is 1. The third-order valence-electron chi connectivity index (χ3n) is 2.44. The van der Waals surface area contributed by atoms with Gasteiger partial charge in [-0.15, -0.1) is 0 Å². The molecule has 1 aromatic rings. The highest BCUT2D eigenvalue weighted by Crippen LogP contribution is 2.17. The van der Waals surface area contributed by atoms with E-state index in [2.05, 4.69) is 16.0 Å². The van der Waals surface area contributed by atoms with Crippen molar-refractivity contribution in [3.63, 3.8) is 0 Å². The molecule has 2 amide bonds. The maximum Gasteiger partial charge on any atom is 0.238 e. The van der Waals surface area contributed by atoms with Gasteiger partial charge in [-0.05, 0) is 19.1 Å². The molecular weight excluding hydrogens is 256 g/mol. The molecule has 0 heterocycles. The second-order valence-corrected chi connectivity index (χ2v) is 3.86. The molecule has 1 unspecified atom stereocenters. The Hall–Kier alpha value is -2.02. The van der Waals surface area contributed by atoms with Crippen LogP contribution in [0.3, 0.4) is 0 Å². The maximum absolute atomic E-state index is 13.3. The van der Waals surface area contributed by atoms with E-state index in [-0.39, 0.29) is 12.5 Å². The number of benzene rings is 1. The zero-order chi connectivity index (χ0) is 14.4. The lowest BCUT2D eigenvalue weighted by Gasteiger charge is -2.12. The Labute approximate surface area is 109 Å². The Bertz CT molecular complexity index is 460. The lowest BCUT2D eigenvalue weighted by atomic mass is 10.3. The van der Waals surface area contributed by atoms with Crippen molar-refractivity contribution in [2.24, 2.45) is 0 Å². The van der Waals surface area contributed by atoms with E-state index in [1.54, 1.807) is 6.92 Å². The Balaban J connectivity index is 2.54. The third kappa shape index (κ3) is 4.29. The van der Waals surface area contributed by atoms with Crippen LogP contribution in [0.5, 0.6) is 0 Å². The number of hydrogen-bond donors (Lipinski definition) is 3. The quantitative estimate of drug-likeness (QED) is 0.735. The molecule has 19 heavy (non-hydrogen) atoms. The number of amides is 2. The average Bonchev–Trinajstić information content (AvgIpc) is 2.39. The van der Waals surface area contributed by atoms with Crippen molar-refractivity contribution in [2.75, 3.05) is 18.9 Å². The van der Waals surface area contributed by atoms with E-state index in [1.165, 1.54) is 13.1 Å². The van der Waals surface area contributed by atoms with Crippen molar-refractivity contribution < 1.29 is 18.4 Å². The van der Waals surface area contributed by atoms with Gasteiger partial charge in [-0.25, -0.2) is 8.78 Å². The molecule has 0 aliphatic carbocycles. The molecule has 1 rings (SSSR count). The molecule has 0 saturated heterocycles. The van der Waals surface area contributed by atoms with E-state index in [1.807, 2.05) is 0 Å². The van der Waals surface area contributed by atoms with Crippen molar-refractivity contribution >= 4 is 17.5 Å². The first-order valence-electron chi connectivity index (χ1n) is 5.64. The van der Waals surface area contributed by atoms with Gasteiger partial charge in [-0.3, -0.25) is 14.9 Å². The van der Waals surface area contributed by atoms with Gasteiger partial charge >= 0.3 is 0 Å². The summed E-state index contributed by atoms with van der Waals surface area (Å²) in [6.45, 7) is 1.33. The molecule has 104 valence electrons. The van der Waals surface area contributed by atoms with E-state index in [4.69, 9.17) is 0 Å². The number of para-hydroxylation sites is 1. The van der Waals surface area contributed by atoms with Crippen LogP contribution in [0.1, 0.15) is 6.92 Å². The fraction of sp³-hybridized carbons (Fsp3) is 0.333. The molecule has 0 fully saturated rings. The molecule has 7 heteroatoms. The van der Waals surface area contributed by atoms with E-state index in [9.17, 15) is 18.4 Å². The SMILES string of the molecule is CNC(=O)C(C)NCC(=O)Nc1c(F)cccc1F. The van der Waals surface area contributed by atoms with Crippen LogP contribution in [0.2, 0.25) is 0 Å². The number of halogens is 2. The first-order valence-corrected chi connectivity index (χ1v) is 5.64. The van der Waals surface area contributed by atoms with Crippen LogP contribution >= 0.6 is 0 Å². The monoisotopic (exact) mass is 271 g/mol. The van der Waals surface area contributed by atoms with Crippen LogP contribution in [0.15, 0.2) is 18.2 Å².